The van der Waals surface area contributed by atoms with E-state index in [4.69, 9.17) is 4.74 Å². The average Bonchev–Trinajstić information content (AvgIpc) is 3.06. The highest BCUT2D eigenvalue weighted by Gasteiger charge is 2.49. The molecule has 5 heteroatoms. The van der Waals surface area contributed by atoms with Crippen molar-refractivity contribution in [3.05, 3.63) is 35.5 Å². The minimum Gasteiger partial charge on any atom is -0.466 e. The molecule has 0 unspecified atom stereocenters. The van der Waals surface area contributed by atoms with Crippen molar-refractivity contribution in [1.82, 2.24) is 9.88 Å². The standard InChI is InChI=1S/C22H28N2O3/c1-2-27-22(26)20-16-11-18-21-15(14-5-3-4-6-17(14)23-21)9-10-24(18)12-13(16)7-8-19(20)25/h3-6,13,16,18-20,23,25H,2,7-12H2,1H3/t13-,16-,18-,19-,20+/m0/s1. The zero-order chi connectivity index (χ0) is 18.5. The number of carbonyl (C=O) groups is 1. The number of hydrogen-bond acceptors (Lipinski definition) is 4. The molecule has 0 spiro atoms. The number of piperidine rings is 1. The summed E-state index contributed by atoms with van der Waals surface area (Å²) < 4.78 is 5.33. The first-order chi connectivity index (χ1) is 13.2. The molecule has 144 valence electrons. The summed E-state index contributed by atoms with van der Waals surface area (Å²) in [5.41, 5.74) is 3.97. The molecule has 1 saturated heterocycles. The lowest BCUT2D eigenvalue weighted by atomic mass is 9.65. The van der Waals surface area contributed by atoms with Gasteiger partial charge in [-0.15, -0.1) is 0 Å². The molecule has 2 fully saturated rings. The third kappa shape index (κ3) is 2.71. The summed E-state index contributed by atoms with van der Waals surface area (Å²) >= 11 is 0. The Morgan fingerprint density at radius 1 is 1.33 bits per heavy atom. The first-order valence-corrected chi connectivity index (χ1v) is 10.4. The number of nitrogens with zero attached hydrogens (tertiary/aromatic N) is 1. The molecule has 5 atom stereocenters. The van der Waals surface area contributed by atoms with Gasteiger partial charge in [-0.3, -0.25) is 9.69 Å². The molecule has 3 aliphatic rings. The van der Waals surface area contributed by atoms with E-state index in [9.17, 15) is 9.90 Å². The number of hydrogen-bond donors (Lipinski definition) is 2. The monoisotopic (exact) mass is 368 g/mol. The van der Waals surface area contributed by atoms with Crippen LogP contribution in [-0.2, 0) is 16.0 Å². The Morgan fingerprint density at radius 3 is 3.04 bits per heavy atom. The highest BCUT2D eigenvalue weighted by atomic mass is 16.5. The Kier molecular flexibility index (Phi) is 4.25. The second-order valence-corrected chi connectivity index (χ2v) is 8.41. The second kappa shape index (κ2) is 6.64. The quantitative estimate of drug-likeness (QED) is 0.800. The van der Waals surface area contributed by atoms with Gasteiger partial charge in [-0.05, 0) is 56.1 Å². The molecule has 0 bridgehead atoms. The van der Waals surface area contributed by atoms with Crippen molar-refractivity contribution in [3.8, 4) is 0 Å². The molecule has 2 aromatic rings. The molecule has 0 radical (unpaired) electrons. The van der Waals surface area contributed by atoms with E-state index in [1.165, 1.54) is 22.2 Å². The number of carbonyl (C=O) groups excluding carboxylic acids is 1. The van der Waals surface area contributed by atoms with Gasteiger partial charge in [0.2, 0.25) is 0 Å². The number of aliphatic hydroxyl groups is 1. The predicted molar refractivity (Wildman–Crippen MR) is 103 cm³/mol. The molecule has 1 saturated carbocycles. The van der Waals surface area contributed by atoms with Gasteiger partial charge in [0, 0.05) is 29.7 Å². The van der Waals surface area contributed by atoms with Crippen molar-refractivity contribution >= 4 is 16.9 Å². The van der Waals surface area contributed by atoms with Crippen molar-refractivity contribution in [2.24, 2.45) is 17.8 Å². The number of ether oxygens (including phenoxy) is 1. The number of fused-ring (bicyclic) bond motifs is 6. The van der Waals surface area contributed by atoms with Gasteiger partial charge in [-0.1, -0.05) is 18.2 Å². The number of esters is 1. The Hall–Kier alpha value is -1.85. The minimum atomic E-state index is -0.567. The molecule has 2 N–H and O–H groups in total. The minimum absolute atomic E-state index is 0.200. The van der Waals surface area contributed by atoms with E-state index in [1.807, 2.05) is 6.92 Å². The SMILES string of the molecule is CCOC(=O)[C@@H]1[C@H]2C[C@H]3c4[nH]c5ccccc5c4CCN3C[C@@H]2CC[C@@H]1O. The molecule has 1 aromatic carbocycles. The number of aromatic nitrogens is 1. The second-order valence-electron chi connectivity index (χ2n) is 8.41. The lowest BCUT2D eigenvalue weighted by Crippen LogP contribution is -2.53. The van der Waals surface area contributed by atoms with Crippen LogP contribution in [0.5, 0.6) is 0 Å². The molecule has 0 amide bonds. The summed E-state index contributed by atoms with van der Waals surface area (Å²) in [6.45, 7) is 4.31. The van der Waals surface area contributed by atoms with E-state index in [0.29, 0.717) is 25.0 Å². The fourth-order valence-corrected chi connectivity index (χ4v) is 5.91. The van der Waals surface area contributed by atoms with Gasteiger partial charge in [-0.25, -0.2) is 0 Å². The van der Waals surface area contributed by atoms with Crippen LogP contribution in [0.4, 0.5) is 0 Å². The zero-order valence-corrected chi connectivity index (χ0v) is 15.9. The summed E-state index contributed by atoms with van der Waals surface area (Å²) in [4.78, 5) is 18.9. The fraction of sp³-hybridized carbons (Fsp3) is 0.591. The summed E-state index contributed by atoms with van der Waals surface area (Å²) in [5.74, 6) is 0.0952. The highest BCUT2D eigenvalue weighted by molar-refractivity contribution is 5.85. The smallest absolute Gasteiger partial charge is 0.311 e. The summed E-state index contributed by atoms with van der Waals surface area (Å²) in [6, 6.07) is 8.85. The molecular weight excluding hydrogens is 340 g/mol. The van der Waals surface area contributed by atoms with Gasteiger partial charge >= 0.3 is 5.97 Å². The van der Waals surface area contributed by atoms with Gasteiger partial charge < -0.3 is 14.8 Å². The zero-order valence-electron chi connectivity index (χ0n) is 15.9. The van der Waals surface area contributed by atoms with Gasteiger partial charge in [0.1, 0.15) is 0 Å². The Bertz CT molecular complexity index is 860. The molecule has 27 heavy (non-hydrogen) atoms. The van der Waals surface area contributed by atoms with E-state index in [-0.39, 0.29) is 17.8 Å². The third-order valence-corrected chi connectivity index (χ3v) is 7.11. The third-order valence-electron chi connectivity index (χ3n) is 7.11. The van der Waals surface area contributed by atoms with Crippen molar-refractivity contribution in [2.75, 3.05) is 19.7 Å². The number of rotatable bonds is 2. The number of nitrogens with one attached hydrogen (secondary N) is 1. The van der Waals surface area contributed by atoms with Crippen molar-refractivity contribution < 1.29 is 14.6 Å². The van der Waals surface area contributed by atoms with E-state index < -0.39 is 6.10 Å². The number of H-pyrrole nitrogens is 1. The van der Waals surface area contributed by atoms with Crippen LogP contribution < -0.4 is 0 Å². The molecule has 5 rings (SSSR count). The Balaban J connectivity index is 1.50. The van der Waals surface area contributed by atoms with Crippen LogP contribution in [0.1, 0.15) is 43.5 Å². The van der Waals surface area contributed by atoms with Crippen LogP contribution in [0.25, 0.3) is 10.9 Å². The maximum atomic E-state index is 12.6. The molecular formula is C22H28N2O3. The summed E-state index contributed by atoms with van der Waals surface area (Å²) in [7, 11) is 0. The topological polar surface area (TPSA) is 65.6 Å². The van der Waals surface area contributed by atoms with Crippen LogP contribution >= 0.6 is 0 Å². The molecule has 1 aromatic heterocycles. The van der Waals surface area contributed by atoms with Crippen LogP contribution in [0.15, 0.2) is 24.3 Å². The number of para-hydroxylation sites is 1. The molecule has 1 aliphatic carbocycles. The number of benzene rings is 1. The van der Waals surface area contributed by atoms with E-state index in [0.717, 1.165) is 32.4 Å². The lowest BCUT2D eigenvalue weighted by molar-refractivity contribution is -0.162. The molecule has 2 aliphatic heterocycles. The van der Waals surface area contributed by atoms with E-state index in [1.54, 1.807) is 0 Å². The highest BCUT2D eigenvalue weighted by Crippen LogP contribution is 2.49. The Labute approximate surface area is 159 Å². The Morgan fingerprint density at radius 2 is 2.19 bits per heavy atom. The normalized spacial score (nSPS) is 33.2. The van der Waals surface area contributed by atoms with Crippen molar-refractivity contribution in [2.45, 2.75) is 44.8 Å². The van der Waals surface area contributed by atoms with Crippen LogP contribution in [0.2, 0.25) is 0 Å². The largest absolute Gasteiger partial charge is 0.466 e. The van der Waals surface area contributed by atoms with Gasteiger partial charge in [0.15, 0.2) is 0 Å². The first kappa shape index (κ1) is 17.3. The van der Waals surface area contributed by atoms with Gasteiger partial charge in [-0.2, -0.15) is 0 Å². The van der Waals surface area contributed by atoms with Crippen LogP contribution in [-0.4, -0.2) is 46.8 Å². The van der Waals surface area contributed by atoms with Crippen LogP contribution in [0, 0.1) is 17.8 Å². The van der Waals surface area contributed by atoms with Crippen molar-refractivity contribution in [3.63, 3.8) is 0 Å². The molecule has 3 heterocycles. The first-order valence-electron chi connectivity index (χ1n) is 10.4. The van der Waals surface area contributed by atoms with Crippen molar-refractivity contribution in [1.29, 1.82) is 0 Å². The average molecular weight is 368 g/mol. The predicted octanol–water partition coefficient (Wildman–Crippen LogP) is 3.04. The summed E-state index contributed by atoms with van der Waals surface area (Å²) in [5, 5.41) is 11.9. The van der Waals surface area contributed by atoms with Gasteiger partial charge in [0.25, 0.3) is 0 Å². The lowest BCUT2D eigenvalue weighted by Gasteiger charge is -2.51. The maximum Gasteiger partial charge on any atom is 0.311 e. The summed E-state index contributed by atoms with van der Waals surface area (Å²) in [6.07, 6.45) is 3.15. The van der Waals surface area contributed by atoms with Gasteiger partial charge in [0.05, 0.1) is 24.7 Å². The molecule has 5 nitrogen and oxygen atoms in total. The maximum absolute atomic E-state index is 12.6. The van der Waals surface area contributed by atoms with Crippen LogP contribution in [0.3, 0.4) is 0 Å². The number of aromatic amines is 1. The fourth-order valence-electron chi connectivity index (χ4n) is 5.91. The number of aliphatic hydroxyl groups excluding tert-OH is 1. The van der Waals surface area contributed by atoms with E-state index in [2.05, 4.69) is 34.1 Å². The van der Waals surface area contributed by atoms with E-state index >= 15 is 0 Å².